The Hall–Kier alpha value is -3.32. The highest BCUT2D eigenvalue weighted by Gasteiger charge is 2.54. The molecule has 1 saturated heterocycles. The molecule has 6 atom stereocenters. The molecule has 2 heterocycles. The summed E-state index contributed by atoms with van der Waals surface area (Å²) in [6.45, 7) is 3.81. The lowest BCUT2D eigenvalue weighted by atomic mass is 9.96. The number of aliphatic hydroxyl groups excluding tert-OH is 1. The number of aliphatic hydroxyl groups is 2. The molecule has 1 fully saturated rings. The number of hydrogen-bond donors (Lipinski definition) is 4. The van der Waals surface area contributed by atoms with Gasteiger partial charge in [0.2, 0.25) is 0 Å². The van der Waals surface area contributed by atoms with Gasteiger partial charge in [-0.25, -0.2) is 9.36 Å². The Morgan fingerprint density at radius 3 is 2.67 bits per heavy atom. The predicted molar refractivity (Wildman–Crippen MR) is 144 cm³/mol. The van der Waals surface area contributed by atoms with E-state index in [2.05, 4.69) is 5.09 Å². The van der Waals surface area contributed by atoms with Crippen LogP contribution in [0.4, 0.5) is 0 Å². The molecule has 1 aliphatic rings. The Bertz CT molecular complexity index is 1640. The van der Waals surface area contributed by atoms with Gasteiger partial charge in [0.05, 0.1) is 16.5 Å². The number of carbonyl (C=O) groups is 1. The summed E-state index contributed by atoms with van der Waals surface area (Å²) in [5, 5.41) is 25.9. The topological polar surface area (TPSA) is 178 Å². The molecule has 2 aromatic carbocycles. The first-order valence-electron chi connectivity index (χ1n) is 13.4. The Morgan fingerprint density at radius 2 is 1.98 bits per heavy atom. The first-order valence-corrected chi connectivity index (χ1v) is 13.9. The minimum absolute atomic E-state index is 0.163. The summed E-state index contributed by atoms with van der Waals surface area (Å²) >= 11 is 0. The Kier molecular flexibility index (Phi) is 7.83. The number of methoxy groups -OCH3 is 1. The highest BCUT2D eigenvalue weighted by Crippen LogP contribution is 2.48. The maximum Gasteiger partial charge on any atom is 0.459 e. The Labute approximate surface area is 232 Å². The first-order chi connectivity index (χ1) is 19.7. The van der Waals surface area contributed by atoms with Gasteiger partial charge in [-0.05, 0) is 24.3 Å². The SMILES string of the molecule is [2H]c1c([2H])n([C@@H]2O[C@H](COP(=O)(NC(C(=O)OC)C(C)C)Oc3cccc4ccccc34)[C@@H](O)[C@@]2(C)O)c(=O)[nH]c1=O. The molecule has 0 amide bonds. The number of nitrogens with one attached hydrogen (secondary N) is 2. The molecule has 1 aliphatic heterocycles. The van der Waals surface area contributed by atoms with Crippen molar-refractivity contribution in [2.75, 3.05) is 13.7 Å². The van der Waals surface area contributed by atoms with E-state index >= 15 is 0 Å². The molecule has 13 nitrogen and oxygen atoms in total. The quantitative estimate of drug-likeness (QED) is 0.203. The number of ether oxygens (including phenoxy) is 2. The van der Waals surface area contributed by atoms with Crippen molar-refractivity contribution in [2.24, 2.45) is 5.92 Å². The molecule has 0 spiro atoms. The van der Waals surface area contributed by atoms with Crippen LogP contribution in [0.5, 0.6) is 5.75 Å². The number of H-pyrrole nitrogens is 1. The molecular formula is C26H32N3O10P. The number of fused-ring (bicyclic) bond motifs is 1. The van der Waals surface area contributed by atoms with E-state index in [0.717, 1.165) is 12.3 Å². The van der Waals surface area contributed by atoms with Crippen molar-refractivity contribution in [3.05, 3.63) is 75.5 Å². The van der Waals surface area contributed by atoms with Gasteiger partial charge < -0.3 is 24.2 Å². The van der Waals surface area contributed by atoms with Gasteiger partial charge in [-0.1, -0.05) is 50.2 Å². The van der Waals surface area contributed by atoms with E-state index in [0.29, 0.717) is 9.95 Å². The smallest absolute Gasteiger partial charge is 0.459 e. The molecule has 0 aliphatic carbocycles. The number of esters is 1. The van der Waals surface area contributed by atoms with Crippen molar-refractivity contribution in [1.82, 2.24) is 14.6 Å². The van der Waals surface area contributed by atoms with Crippen LogP contribution in [0, 0.1) is 5.92 Å². The molecule has 216 valence electrons. The molecule has 3 aromatic rings. The lowest BCUT2D eigenvalue weighted by Crippen LogP contribution is -2.47. The van der Waals surface area contributed by atoms with Crippen LogP contribution in [0.1, 0.15) is 29.7 Å². The van der Waals surface area contributed by atoms with Crippen LogP contribution in [-0.4, -0.2) is 63.3 Å². The number of aromatic amines is 1. The zero-order chi connectivity index (χ0) is 31.0. The lowest BCUT2D eigenvalue weighted by Gasteiger charge is -2.28. The van der Waals surface area contributed by atoms with E-state index in [9.17, 15) is 29.2 Å². The third-order valence-electron chi connectivity index (χ3n) is 6.51. The highest BCUT2D eigenvalue weighted by molar-refractivity contribution is 7.52. The van der Waals surface area contributed by atoms with E-state index in [4.69, 9.17) is 21.3 Å². The van der Waals surface area contributed by atoms with E-state index in [1.54, 1.807) is 38.1 Å². The van der Waals surface area contributed by atoms with Gasteiger partial charge in [-0.2, -0.15) is 5.09 Å². The summed E-state index contributed by atoms with van der Waals surface area (Å²) in [6, 6.07) is 10.2. The molecule has 4 N–H and O–H groups in total. The monoisotopic (exact) mass is 579 g/mol. The number of aromatic nitrogens is 2. The second-order valence-electron chi connectivity index (χ2n) is 9.80. The van der Waals surface area contributed by atoms with Gasteiger partial charge in [-0.15, -0.1) is 0 Å². The molecule has 40 heavy (non-hydrogen) atoms. The van der Waals surface area contributed by atoms with Crippen LogP contribution >= 0.6 is 7.75 Å². The average molecular weight is 580 g/mol. The minimum Gasteiger partial charge on any atom is -0.468 e. The van der Waals surface area contributed by atoms with Crippen molar-refractivity contribution in [3.63, 3.8) is 0 Å². The van der Waals surface area contributed by atoms with E-state index in [-0.39, 0.29) is 5.75 Å². The Balaban J connectivity index is 1.67. The summed E-state index contributed by atoms with van der Waals surface area (Å²) in [5.74, 6) is -0.997. The van der Waals surface area contributed by atoms with Crippen molar-refractivity contribution < 1.29 is 40.8 Å². The average Bonchev–Trinajstić information content (AvgIpc) is 3.17. The van der Waals surface area contributed by atoms with Crippen LogP contribution < -0.4 is 20.9 Å². The molecule has 1 aromatic heterocycles. The summed E-state index contributed by atoms with van der Waals surface area (Å²) < 4.78 is 52.6. The second kappa shape index (κ2) is 11.7. The maximum atomic E-state index is 14.2. The lowest BCUT2D eigenvalue weighted by molar-refractivity contribution is -0.143. The predicted octanol–water partition coefficient (Wildman–Crippen LogP) is 1.69. The van der Waals surface area contributed by atoms with Crippen LogP contribution in [0.25, 0.3) is 10.8 Å². The van der Waals surface area contributed by atoms with E-state index in [1.165, 1.54) is 7.11 Å². The van der Waals surface area contributed by atoms with Gasteiger partial charge >= 0.3 is 19.4 Å². The van der Waals surface area contributed by atoms with Crippen LogP contribution in [-0.2, 0) is 23.4 Å². The fraction of sp³-hybridized carbons (Fsp3) is 0.423. The Morgan fingerprint density at radius 1 is 1.27 bits per heavy atom. The summed E-state index contributed by atoms with van der Waals surface area (Å²) in [7, 11) is -3.31. The molecule has 0 radical (unpaired) electrons. The zero-order valence-corrected chi connectivity index (χ0v) is 23.1. The van der Waals surface area contributed by atoms with Gasteiger partial charge in [0.1, 0.15) is 29.6 Å². The molecule has 0 bridgehead atoms. The zero-order valence-electron chi connectivity index (χ0n) is 24.2. The summed E-state index contributed by atoms with van der Waals surface area (Å²) in [5.41, 5.74) is -4.48. The standard InChI is InChI=1S/C26H32N3O10P/c1-15(2)21(23(32)36-4)28-40(35,39-18-11-7-9-16-8-5-6-10-17(16)18)37-14-19-22(31)26(3,34)24(38-19)29-13-12-20(30)27-25(29)33/h5-13,15,19,21-22,24,31,34H,14H2,1-4H3,(H,28,35)(H,27,30,33)/t19-,21?,22-,24-,26-,40?/m1/s1/i12D,13D. The highest BCUT2D eigenvalue weighted by atomic mass is 31.2. The molecule has 2 unspecified atom stereocenters. The van der Waals surface area contributed by atoms with Crippen LogP contribution in [0.3, 0.4) is 0 Å². The van der Waals surface area contributed by atoms with Gasteiger partial charge in [0.15, 0.2) is 6.23 Å². The number of nitrogens with zero attached hydrogens (tertiary/aromatic N) is 1. The van der Waals surface area contributed by atoms with Gasteiger partial charge in [0.25, 0.3) is 5.56 Å². The molecule has 14 heteroatoms. The third kappa shape index (κ3) is 6.04. The van der Waals surface area contributed by atoms with E-state index in [1.807, 2.05) is 23.2 Å². The van der Waals surface area contributed by atoms with Gasteiger partial charge in [0, 0.05) is 17.6 Å². The van der Waals surface area contributed by atoms with Crippen molar-refractivity contribution in [2.45, 2.75) is 50.8 Å². The summed E-state index contributed by atoms with van der Waals surface area (Å²) in [4.78, 5) is 38.6. The normalized spacial score (nSPS) is 25.7. The largest absolute Gasteiger partial charge is 0.468 e. The molecule has 4 rings (SSSR count). The minimum atomic E-state index is -4.48. The van der Waals surface area contributed by atoms with Crippen molar-refractivity contribution in [1.29, 1.82) is 0 Å². The first kappa shape index (κ1) is 26.9. The van der Waals surface area contributed by atoms with Crippen LogP contribution in [0.2, 0.25) is 0 Å². The third-order valence-corrected chi connectivity index (χ3v) is 8.03. The number of rotatable bonds is 10. The van der Waals surface area contributed by atoms with Crippen molar-refractivity contribution in [3.8, 4) is 5.75 Å². The fourth-order valence-electron chi connectivity index (χ4n) is 4.31. The summed E-state index contributed by atoms with van der Waals surface area (Å²) in [6.07, 6.45) is -5.79. The number of hydrogen-bond acceptors (Lipinski definition) is 10. The number of carbonyl (C=O) groups excluding carboxylic acids is 1. The van der Waals surface area contributed by atoms with Gasteiger partial charge in [-0.3, -0.25) is 23.7 Å². The van der Waals surface area contributed by atoms with Crippen molar-refractivity contribution >= 4 is 24.5 Å². The fourth-order valence-corrected chi connectivity index (χ4v) is 5.99. The van der Waals surface area contributed by atoms with Crippen LogP contribution in [0.15, 0.2) is 64.3 Å². The molecular weight excluding hydrogens is 545 g/mol. The maximum absolute atomic E-state index is 14.2. The molecule has 0 saturated carbocycles. The second-order valence-corrected chi connectivity index (χ2v) is 11.5. The number of benzene rings is 2. The van der Waals surface area contributed by atoms with E-state index < -0.39 is 79.8 Å².